The minimum Gasteiger partial charge on any atom is -0.314 e. The van der Waals surface area contributed by atoms with Crippen molar-refractivity contribution in [2.75, 3.05) is 13.1 Å². The first-order chi connectivity index (χ1) is 7.66. The second kappa shape index (κ2) is 3.55. The van der Waals surface area contributed by atoms with Gasteiger partial charge in [0, 0.05) is 12.6 Å². The summed E-state index contributed by atoms with van der Waals surface area (Å²) >= 11 is 0. The highest BCUT2D eigenvalue weighted by atomic mass is 16.2. The van der Waals surface area contributed by atoms with Crippen LogP contribution in [0.3, 0.4) is 0 Å². The number of imide groups is 1. The van der Waals surface area contributed by atoms with Crippen LogP contribution in [0.1, 0.15) is 26.2 Å². The predicted octanol–water partition coefficient (Wildman–Crippen LogP) is 0.379. The van der Waals surface area contributed by atoms with E-state index in [0.29, 0.717) is 18.5 Å². The van der Waals surface area contributed by atoms with Crippen LogP contribution in [0.4, 0.5) is 0 Å². The molecule has 2 aliphatic carbocycles. The normalized spacial score (nSPS) is 34.2. The van der Waals surface area contributed by atoms with Crippen LogP contribution in [0.15, 0.2) is 0 Å². The molecular formula is C12H18N2O2. The summed E-state index contributed by atoms with van der Waals surface area (Å²) in [6, 6.07) is 0.695. The summed E-state index contributed by atoms with van der Waals surface area (Å²) in [6.45, 7) is 3.61. The highest BCUT2D eigenvalue weighted by Gasteiger charge is 2.58. The van der Waals surface area contributed by atoms with E-state index in [2.05, 4.69) is 12.2 Å². The van der Waals surface area contributed by atoms with Crippen LogP contribution >= 0.6 is 0 Å². The molecule has 3 fully saturated rings. The SMILES string of the molecule is CC(CNC1CC1)CN1C(=O)C2CC2C1=O. The van der Waals surface area contributed by atoms with Gasteiger partial charge in [-0.15, -0.1) is 0 Å². The molecule has 3 atom stereocenters. The van der Waals surface area contributed by atoms with Gasteiger partial charge in [-0.25, -0.2) is 0 Å². The molecule has 4 nitrogen and oxygen atoms in total. The fourth-order valence-electron chi connectivity index (χ4n) is 2.46. The van der Waals surface area contributed by atoms with Gasteiger partial charge in [0.1, 0.15) is 0 Å². The summed E-state index contributed by atoms with van der Waals surface area (Å²) in [4.78, 5) is 24.9. The molecule has 0 spiro atoms. The third-order valence-corrected chi connectivity index (χ3v) is 3.78. The molecule has 0 aromatic heterocycles. The zero-order chi connectivity index (χ0) is 11.3. The lowest BCUT2D eigenvalue weighted by atomic mass is 10.1. The summed E-state index contributed by atoms with van der Waals surface area (Å²) in [5.41, 5.74) is 0. The second-order valence-corrected chi connectivity index (χ2v) is 5.52. The van der Waals surface area contributed by atoms with Gasteiger partial charge in [-0.3, -0.25) is 14.5 Å². The van der Waals surface area contributed by atoms with Gasteiger partial charge in [-0.1, -0.05) is 6.92 Å². The number of amides is 2. The van der Waals surface area contributed by atoms with Gasteiger partial charge in [0.05, 0.1) is 11.8 Å². The number of nitrogens with one attached hydrogen (secondary N) is 1. The monoisotopic (exact) mass is 222 g/mol. The topological polar surface area (TPSA) is 49.4 Å². The number of fused-ring (bicyclic) bond motifs is 1. The maximum atomic E-state index is 11.7. The Morgan fingerprint density at radius 1 is 1.31 bits per heavy atom. The molecule has 0 bridgehead atoms. The van der Waals surface area contributed by atoms with Crippen molar-refractivity contribution in [3.05, 3.63) is 0 Å². The highest BCUT2D eigenvalue weighted by Crippen LogP contribution is 2.47. The molecule has 2 saturated carbocycles. The lowest BCUT2D eigenvalue weighted by Gasteiger charge is -2.21. The number of nitrogens with zero attached hydrogens (tertiary/aromatic N) is 1. The van der Waals surface area contributed by atoms with Crippen molar-refractivity contribution in [2.45, 2.75) is 32.2 Å². The maximum Gasteiger partial charge on any atom is 0.233 e. The molecule has 0 radical (unpaired) electrons. The number of likely N-dealkylation sites (tertiary alicyclic amines) is 1. The fraction of sp³-hybridized carbons (Fsp3) is 0.833. The standard InChI is InChI=1S/C12H18N2O2/c1-7(5-13-8-2-3-8)6-14-11(15)9-4-10(9)12(14)16/h7-10,13H,2-6H2,1H3. The molecule has 16 heavy (non-hydrogen) atoms. The van der Waals surface area contributed by atoms with Crippen molar-refractivity contribution >= 4 is 11.8 Å². The van der Waals surface area contributed by atoms with Gasteiger partial charge >= 0.3 is 0 Å². The molecule has 0 aromatic rings. The van der Waals surface area contributed by atoms with Gasteiger partial charge in [0.15, 0.2) is 0 Å². The van der Waals surface area contributed by atoms with E-state index in [4.69, 9.17) is 0 Å². The first-order valence-electron chi connectivity index (χ1n) is 6.25. The van der Waals surface area contributed by atoms with Crippen molar-refractivity contribution in [3.8, 4) is 0 Å². The maximum absolute atomic E-state index is 11.7. The average Bonchev–Trinajstić information content (AvgIpc) is 3.14. The van der Waals surface area contributed by atoms with Gasteiger partial charge in [-0.2, -0.15) is 0 Å². The van der Waals surface area contributed by atoms with Crippen LogP contribution in [0, 0.1) is 17.8 Å². The van der Waals surface area contributed by atoms with Crippen LogP contribution < -0.4 is 5.32 Å². The van der Waals surface area contributed by atoms with E-state index < -0.39 is 0 Å². The zero-order valence-corrected chi connectivity index (χ0v) is 9.61. The van der Waals surface area contributed by atoms with Crippen molar-refractivity contribution in [2.24, 2.45) is 17.8 Å². The average molecular weight is 222 g/mol. The lowest BCUT2D eigenvalue weighted by molar-refractivity contribution is -0.141. The first-order valence-corrected chi connectivity index (χ1v) is 6.25. The van der Waals surface area contributed by atoms with Crippen molar-refractivity contribution in [1.82, 2.24) is 10.2 Å². The molecule has 2 amide bonds. The number of carbonyl (C=O) groups is 2. The van der Waals surface area contributed by atoms with Crippen LogP contribution in [0.5, 0.6) is 0 Å². The van der Waals surface area contributed by atoms with Crippen LogP contribution in [-0.2, 0) is 9.59 Å². The van der Waals surface area contributed by atoms with E-state index in [-0.39, 0.29) is 23.7 Å². The van der Waals surface area contributed by atoms with Crippen molar-refractivity contribution in [1.29, 1.82) is 0 Å². The number of hydrogen-bond acceptors (Lipinski definition) is 3. The number of piperidine rings is 1. The smallest absolute Gasteiger partial charge is 0.233 e. The molecule has 1 heterocycles. The molecular weight excluding hydrogens is 204 g/mol. The van der Waals surface area contributed by atoms with E-state index in [0.717, 1.165) is 13.0 Å². The van der Waals surface area contributed by atoms with Crippen molar-refractivity contribution < 1.29 is 9.59 Å². The van der Waals surface area contributed by atoms with Gasteiger partial charge in [-0.05, 0) is 31.7 Å². The Hall–Kier alpha value is -0.900. The predicted molar refractivity (Wildman–Crippen MR) is 58.5 cm³/mol. The molecule has 1 N–H and O–H groups in total. The Kier molecular flexibility index (Phi) is 2.28. The Morgan fingerprint density at radius 3 is 2.50 bits per heavy atom. The van der Waals surface area contributed by atoms with E-state index in [9.17, 15) is 9.59 Å². The van der Waals surface area contributed by atoms with Gasteiger partial charge in [0.25, 0.3) is 0 Å². The van der Waals surface area contributed by atoms with Gasteiger partial charge in [0.2, 0.25) is 11.8 Å². The molecule has 0 aromatic carbocycles. The van der Waals surface area contributed by atoms with E-state index >= 15 is 0 Å². The summed E-state index contributed by atoms with van der Waals surface area (Å²) in [6.07, 6.45) is 3.36. The Bertz CT molecular complexity index is 318. The highest BCUT2D eigenvalue weighted by molar-refractivity contribution is 6.08. The van der Waals surface area contributed by atoms with Gasteiger partial charge < -0.3 is 5.32 Å². The van der Waals surface area contributed by atoms with E-state index in [1.165, 1.54) is 17.7 Å². The molecule has 88 valence electrons. The van der Waals surface area contributed by atoms with Crippen LogP contribution in [0.25, 0.3) is 0 Å². The summed E-state index contributed by atoms with van der Waals surface area (Å²) in [7, 11) is 0. The molecule has 3 rings (SSSR count). The minimum absolute atomic E-state index is 0.0519. The molecule has 4 heteroatoms. The van der Waals surface area contributed by atoms with Crippen molar-refractivity contribution in [3.63, 3.8) is 0 Å². The third kappa shape index (κ3) is 1.75. The zero-order valence-electron chi connectivity index (χ0n) is 9.61. The largest absolute Gasteiger partial charge is 0.314 e. The molecule has 1 aliphatic heterocycles. The van der Waals surface area contributed by atoms with E-state index in [1.54, 1.807) is 0 Å². The number of rotatable bonds is 5. The van der Waals surface area contributed by atoms with Crippen LogP contribution in [-0.4, -0.2) is 35.8 Å². The Balaban J connectivity index is 1.49. The molecule has 3 unspecified atom stereocenters. The molecule has 3 aliphatic rings. The first kappa shape index (κ1) is 10.3. The quantitative estimate of drug-likeness (QED) is 0.684. The fourth-order valence-corrected chi connectivity index (χ4v) is 2.46. The van der Waals surface area contributed by atoms with E-state index in [1.807, 2.05) is 0 Å². The summed E-state index contributed by atoms with van der Waals surface area (Å²) in [5, 5.41) is 3.43. The van der Waals surface area contributed by atoms with Crippen LogP contribution in [0.2, 0.25) is 0 Å². The Morgan fingerprint density at radius 2 is 1.94 bits per heavy atom. The minimum atomic E-state index is 0.0519. The lowest BCUT2D eigenvalue weighted by Crippen LogP contribution is -2.39. The molecule has 1 saturated heterocycles. The third-order valence-electron chi connectivity index (χ3n) is 3.78. The summed E-state index contributed by atoms with van der Waals surface area (Å²) < 4.78 is 0. The Labute approximate surface area is 95.4 Å². The second-order valence-electron chi connectivity index (χ2n) is 5.52. The number of hydrogen-bond donors (Lipinski definition) is 1. The number of carbonyl (C=O) groups excluding carboxylic acids is 2. The summed E-state index contributed by atoms with van der Waals surface area (Å²) in [5.74, 6) is 0.625.